The van der Waals surface area contributed by atoms with Crippen molar-refractivity contribution in [1.29, 1.82) is 0 Å². The molecule has 0 saturated carbocycles. The van der Waals surface area contributed by atoms with E-state index in [0.29, 0.717) is 10.1 Å². The predicted molar refractivity (Wildman–Crippen MR) is 57.2 cm³/mol. The van der Waals surface area contributed by atoms with Gasteiger partial charge in [-0.05, 0) is 35.1 Å². The molecule has 1 rings (SSSR count). The van der Waals surface area contributed by atoms with Crippen molar-refractivity contribution in [2.45, 2.75) is 18.5 Å². The fourth-order valence-corrected chi connectivity index (χ4v) is 2.09. The van der Waals surface area contributed by atoms with Gasteiger partial charge < -0.3 is 0 Å². The van der Waals surface area contributed by atoms with E-state index in [-0.39, 0.29) is 5.16 Å². The third kappa shape index (κ3) is 2.87. The molecule has 72 valence electrons. The molecule has 0 radical (unpaired) electrons. The summed E-state index contributed by atoms with van der Waals surface area (Å²) in [5, 5.41) is -0.0868. The Kier molecular flexibility index (Phi) is 3.23. The minimum absolute atomic E-state index is 0.0868. The van der Waals surface area contributed by atoms with Crippen LogP contribution in [0.5, 0.6) is 0 Å². The smallest absolute Gasteiger partial charge is 0.223 e. The Labute approximate surface area is 90.9 Å². The fraction of sp³-hybridized carbons (Fsp3) is 0.429. The van der Waals surface area contributed by atoms with Gasteiger partial charge in [-0.3, -0.25) is 0 Å². The number of nitrogens with zero attached hydrogens (tertiary/aromatic N) is 2. The number of hydrogen-bond acceptors (Lipinski definition) is 4. The normalized spacial score (nSPS) is 11.6. The van der Waals surface area contributed by atoms with Gasteiger partial charge in [0.1, 0.15) is 3.70 Å². The lowest BCUT2D eigenvalue weighted by molar-refractivity contribution is 0.591. The summed E-state index contributed by atoms with van der Waals surface area (Å²) in [6, 6.07) is 1.77. The van der Waals surface area contributed by atoms with Crippen LogP contribution in [-0.2, 0) is 16.3 Å². The van der Waals surface area contributed by atoms with E-state index in [0.717, 1.165) is 11.9 Å². The minimum Gasteiger partial charge on any atom is -0.223 e. The van der Waals surface area contributed by atoms with Gasteiger partial charge in [-0.15, -0.1) is 0 Å². The first-order valence-electron chi connectivity index (χ1n) is 3.67. The Morgan fingerprint density at radius 2 is 2.08 bits per heavy atom. The number of rotatable bonds is 2. The largest absolute Gasteiger partial charge is 0.248 e. The van der Waals surface area contributed by atoms with Crippen molar-refractivity contribution in [3.8, 4) is 0 Å². The monoisotopic (exact) mass is 312 g/mol. The minimum atomic E-state index is -3.28. The quantitative estimate of drug-likeness (QED) is 0.465. The SMILES string of the molecule is CCc1cc(I)nc(S(C)(=O)=O)n1. The Bertz CT molecular complexity index is 417. The average Bonchev–Trinajstić information content (AvgIpc) is 2.01. The van der Waals surface area contributed by atoms with Gasteiger partial charge in [0.05, 0.1) is 0 Å². The number of aromatic nitrogens is 2. The number of aryl methyl sites for hydroxylation is 1. The van der Waals surface area contributed by atoms with Gasteiger partial charge in [-0.2, -0.15) is 0 Å². The first kappa shape index (κ1) is 10.8. The molecule has 0 spiro atoms. The van der Waals surface area contributed by atoms with E-state index in [1.54, 1.807) is 6.07 Å². The Balaban J connectivity index is 3.33. The van der Waals surface area contributed by atoms with Crippen molar-refractivity contribution in [1.82, 2.24) is 9.97 Å². The molecule has 0 saturated heterocycles. The van der Waals surface area contributed by atoms with Crippen molar-refractivity contribution in [3.05, 3.63) is 15.5 Å². The zero-order valence-corrected chi connectivity index (χ0v) is 10.3. The standard InChI is InChI=1S/C7H9IN2O2S/c1-3-5-4-6(8)10-7(9-5)13(2,11)12/h4H,3H2,1-2H3. The summed E-state index contributed by atoms with van der Waals surface area (Å²) in [5.74, 6) is 0. The van der Waals surface area contributed by atoms with Crippen LogP contribution in [0, 0.1) is 3.70 Å². The molecule has 0 unspecified atom stereocenters. The van der Waals surface area contributed by atoms with Crippen LogP contribution in [0.1, 0.15) is 12.6 Å². The maximum Gasteiger partial charge on any atom is 0.248 e. The molecule has 0 aliphatic heterocycles. The molecule has 0 aliphatic carbocycles. The summed E-state index contributed by atoms with van der Waals surface area (Å²) in [6.45, 7) is 1.92. The summed E-state index contributed by atoms with van der Waals surface area (Å²) < 4.78 is 22.9. The predicted octanol–water partition coefficient (Wildman–Crippen LogP) is 1.05. The van der Waals surface area contributed by atoms with Crippen LogP contribution in [0.2, 0.25) is 0 Å². The first-order chi connectivity index (χ1) is 5.93. The van der Waals surface area contributed by atoms with Crippen LogP contribution in [0.15, 0.2) is 11.2 Å². The van der Waals surface area contributed by atoms with Crippen LogP contribution >= 0.6 is 22.6 Å². The topological polar surface area (TPSA) is 59.9 Å². The molecule has 0 aliphatic rings. The van der Waals surface area contributed by atoms with Crippen LogP contribution in [-0.4, -0.2) is 24.6 Å². The third-order valence-electron chi connectivity index (χ3n) is 1.42. The summed E-state index contributed by atoms with van der Waals surface area (Å²) >= 11 is 1.98. The molecule has 0 fully saturated rings. The summed E-state index contributed by atoms with van der Waals surface area (Å²) in [6.07, 6.45) is 1.82. The summed E-state index contributed by atoms with van der Waals surface area (Å²) in [4.78, 5) is 7.76. The van der Waals surface area contributed by atoms with E-state index in [1.165, 1.54) is 0 Å². The van der Waals surface area contributed by atoms with Crippen molar-refractivity contribution in [2.24, 2.45) is 0 Å². The third-order valence-corrected chi connectivity index (χ3v) is 2.82. The second-order valence-electron chi connectivity index (χ2n) is 2.59. The average molecular weight is 312 g/mol. The molecule has 1 aromatic rings. The van der Waals surface area contributed by atoms with E-state index >= 15 is 0 Å². The van der Waals surface area contributed by atoms with Crippen molar-refractivity contribution in [3.63, 3.8) is 0 Å². The lowest BCUT2D eigenvalue weighted by atomic mass is 10.3. The lowest BCUT2D eigenvalue weighted by Gasteiger charge is -2.00. The van der Waals surface area contributed by atoms with Crippen molar-refractivity contribution in [2.75, 3.05) is 6.26 Å². The van der Waals surface area contributed by atoms with E-state index in [4.69, 9.17) is 0 Å². The van der Waals surface area contributed by atoms with E-state index in [1.807, 2.05) is 29.5 Å². The van der Waals surface area contributed by atoms with Gasteiger partial charge in [-0.25, -0.2) is 18.4 Å². The number of halogens is 1. The molecule has 4 nitrogen and oxygen atoms in total. The summed E-state index contributed by atoms with van der Waals surface area (Å²) in [7, 11) is -3.28. The Morgan fingerprint density at radius 1 is 1.46 bits per heavy atom. The van der Waals surface area contributed by atoms with Crippen molar-refractivity contribution < 1.29 is 8.42 Å². The molecular formula is C7H9IN2O2S. The Morgan fingerprint density at radius 3 is 2.54 bits per heavy atom. The molecule has 0 N–H and O–H groups in total. The van der Waals surface area contributed by atoms with Gasteiger partial charge in [0.25, 0.3) is 0 Å². The summed E-state index contributed by atoms with van der Waals surface area (Å²) in [5.41, 5.74) is 0.750. The molecule has 0 aromatic carbocycles. The first-order valence-corrected chi connectivity index (χ1v) is 6.64. The van der Waals surface area contributed by atoms with Crippen molar-refractivity contribution >= 4 is 32.4 Å². The number of sulfone groups is 1. The molecule has 6 heteroatoms. The van der Waals surface area contributed by atoms with Gasteiger partial charge in [0.2, 0.25) is 15.0 Å². The van der Waals surface area contributed by atoms with E-state index in [2.05, 4.69) is 9.97 Å². The van der Waals surface area contributed by atoms with Gasteiger partial charge in [-0.1, -0.05) is 6.92 Å². The second kappa shape index (κ2) is 3.87. The van der Waals surface area contributed by atoms with Crippen LogP contribution in [0.3, 0.4) is 0 Å². The van der Waals surface area contributed by atoms with Gasteiger partial charge >= 0.3 is 0 Å². The second-order valence-corrected chi connectivity index (χ2v) is 5.61. The highest BCUT2D eigenvalue weighted by Gasteiger charge is 2.12. The van der Waals surface area contributed by atoms with Crippen LogP contribution in [0.4, 0.5) is 0 Å². The molecule has 0 bridgehead atoms. The molecule has 1 aromatic heterocycles. The highest BCUT2D eigenvalue weighted by molar-refractivity contribution is 14.1. The van der Waals surface area contributed by atoms with Crippen LogP contribution < -0.4 is 0 Å². The Hall–Kier alpha value is -0.240. The lowest BCUT2D eigenvalue weighted by Crippen LogP contribution is -2.07. The molecule has 0 amide bonds. The molecule has 1 heterocycles. The zero-order valence-electron chi connectivity index (χ0n) is 7.28. The highest BCUT2D eigenvalue weighted by Crippen LogP contribution is 2.08. The maximum absolute atomic E-state index is 11.1. The number of hydrogen-bond donors (Lipinski definition) is 0. The molecule has 0 atom stereocenters. The fourth-order valence-electron chi connectivity index (χ4n) is 0.788. The molecular weight excluding hydrogens is 303 g/mol. The maximum atomic E-state index is 11.1. The van der Waals surface area contributed by atoms with E-state index in [9.17, 15) is 8.42 Å². The zero-order chi connectivity index (χ0) is 10.1. The highest BCUT2D eigenvalue weighted by atomic mass is 127. The van der Waals surface area contributed by atoms with E-state index < -0.39 is 9.84 Å². The van der Waals surface area contributed by atoms with Crippen LogP contribution in [0.25, 0.3) is 0 Å². The van der Waals surface area contributed by atoms with Gasteiger partial charge in [0, 0.05) is 11.9 Å². The van der Waals surface area contributed by atoms with Gasteiger partial charge in [0.15, 0.2) is 0 Å². The molecule has 13 heavy (non-hydrogen) atoms.